The number of nitrogen functional groups attached to an aromatic ring is 1. The molecule has 7 heteroatoms. The zero-order valence-electron chi connectivity index (χ0n) is 6.51. The van der Waals surface area contributed by atoms with Crippen molar-refractivity contribution in [3.05, 3.63) is 18.6 Å². The van der Waals surface area contributed by atoms with Gasteiger partial charge in [0.05, 0.1) is 6.20 Å². The fourth-order valence-corrected chi connectivity index (χ4v) is 1.23. The predicted molar refractivity (Wildman–Crippen MR) is 49.3 cm³/mol. The molecule has 0 bridgehead atoms. The monoisotopic (exact) mass is 194 g/mol. The van der Waals surface area contributed by atoms with Crippen LogP contribution in [0.5, 0.6) is 0 Å². The predicted octanol–water partition coefficient (Wildman–Crippen LogP) is 1.86. The summed E-state index contributed by atoms with van der Waals surface area (Å²) in [5, 5.41) is 8.77. The lowest BCUT2D eigenvalue weighted by Crippen LogP contribution is -1.73. The first kappa shape index (κ1) is 7.87. The third-order valence-electron chi connectivity index (χ3n) is 1.23. The molecule has 0 amide bonds. The van der Waals surface area contributed by atoms with Gasteiger partial charge in [-0.25, -0.2) is 9.97 Å². The molecular formula is C6H6N6S. The number of nitrogens with one attached hydrogen (secondary N) is 1. The smallest absolute Gasteiger partial charge is 0.246 e. The second-order valence-electron chi connectivity index (χ2n) is 2.16. The average molecular weight is 194 g/mol. The Morgan fingerprint density at radius 2 is 2.31 bits per heavy atom. The van der Waals surface area contributed by atoms with E-state index in [4.69, 9.17) is 5.73 Å². The summed E-state index contributed by atoms with van der Waals surface area (Å²) < 4.78 is 0. The number of thiazole rings is 1. The molecule has 0 aliphatic heterocycles. The van der Waals surface area contributed by atoms with Crippen molar-refractivity contribution in [2.75, 3.05) is 5.73 Å². The van der Waals surface area contributed by atoms with Gasteiger partial charge in [-0.05, 0) is 0 Å². The maximum atomic E-state index is 5.46. The lowest BCUT2D eigenvalue weighted by atomic mass is 10.9. The summed E-state index contributed by atoms with van der Waals surface area (Å²) >= 11 is 1.27. The quantitative estimate of drug-likeness (QED) is 0.714. The first-order valence-electron chi connectivity index (χ1n) is 3.47. The third-order valence-corrected chi connectivity index (χ3v) is 1.94. The first-order valence-corrected chi connectivity index (χ1v) is 4.28. The van der Waals surface area contributed by atoms with Crippen LogP contribution >= 0.6 is 11.3 Å². The minimum absolute atomic E-state index is 0.453. The Morgan fingerprint density at radius 1 is 1.38 bits per heavy atom. The van der Waals surface area contributed by atoms with Gasteiger partial charge < -0.3 is 10.7 Å². The van der Waals surface area contributed by atoms with Crippen molar-refractivity contribution in [1.82, 2.24) is 15.0 Å². The normalized spacial score (nSPS) is 11.1. The Hall–Kier alpha value is -1.76. The third kappa shape index (κ3) is 1.88. The summed E-state index contributed by atoms with van der Waals surface area (Å²) in [5.41, 5.74) is 5.46. The molecule has 2 heterocycles. The van der Waals surface area contributed by atoms with Crippen LogP contribution in [0.15, 0.2) is 28.8 Å². The molecule has 2 aromatic heterocycles. The Kier molecular flexibility index (Phi) is 2.01. The van der Waals surface area contributed by atoms with Crippen molar-refractivity contribution in [3.63, 3.8) is 0 Å². The van der Waals surface area contributed by atoms with E-state index in [0.29, 0.717) is 16.1 Å². The molecule has 66 valence electrons. The molecule has 6 nitrogen and oxygen atoms in total. The van der Waals surface area contributed by atoms with Crippen LogP contribution in [-0.2, 0) is 0 Å². The molecule has 13 heavy (non-hydrogen) atoms. The molecule has 0 saturated heterocycles. The molecule has 0 atom stereocenters. The standard InChI is InChI=1S/C6H6N6S/c7-4-3-10-6(13-4)12-11-5-8-1-2-9-5/h1-3H,7H2,(H,8,9)/b12-11+. The minimum atomic E-state index is 0.453. The van der Waals surface area contributed by atoms with Crippen LogP contribution in [0.4, 0.5) is 16.1 Å². The summed E-state index contributed by atoms with van der Waals surface area (Å²) in [5.74, 6) is 0.453. The second kappa shape index (κ2) is 3.31. The lowest BCUT2D eigenvalue weighted by Gasteiger charge is -1.80. The summed E-state index contributed by atoms with van der Waals surface area (Å²) in [7, 11) is 0. The number of nitrogens with two attached hydrogens (primary N) is 1. The van der Waals surface area contributed by atoms with Gasteiger partial charge in [-0.3, -0.25) is 0 Å². The van der Waals surface area contributed by atoms with Gasteiger partial charge in [-0.2, -0.15) is 0 Å². The van der Waals surface area contributed by atoms with Crippen LogP contribution in [-0.4, -0.2) is 15.0 Å². The number of anilines is 1. The number of hydrogen-bond acceptors (Lipinski definition) is 6. The van der Waals surface area contributed by atoms with Crippen LogP contribution in [0, 0.1) is 0 Å². The molecule has 2 rings (SSSR count). The number of aromatic amines is 1. The van der Waals surface area contributed by atoms with Gasteiger partial charge in [0.2, 0.25) is 11.1 Å². The van der Waals surface area contributed by atoms with E-state index < -0.39 is 0 Å². The van der Waals surface area contributed by atoms with Gasteiger partial charge in [0.15, 0.2) is 0 Å². The van der Waals surface area contributed by atoms with Crippen molar-refractivity contribution >= 4 is 27.4 Å². The molecule has 2 aromatic rings. The van der Waals surface area contributed by atoms with E-state index in [0.717, 1.165) is 0 Å². The number of imidazole rings is 1. The highest BCUT2D eigenvalue weighted by Crippen LogP contribution is 2.23. The molecule has 0 unspecified atom stereocenters. The lowest BCUT2D eigenvalue weighted by molar-refractivity contribution is 1.11. The summed E-state index contributed by atoms with van der Waals surface area (Å²) in [6.07, 6.45) is 4.82. The van der Waals surface area contributed by atoms with Gasteiger partial charge >= 0.3 is 0 Å². The topological polar surface area (TPSA) is 92.3 Å². The summed E-state index contributed by atoms with van der Waals surface area (Å²) in [6, 6.07) is 0. The van der Waals surface area contributed by atoms with Gasteiger partial charge in [-0.15, -0.1) is 10.2 Å². The largest absolute Gasteiger partial charge is 0.389 e. The van der Waals surface area contributed by atoms with E-state index in [1.807, 2.05) is 0 Å². The Balaban J connectivity index is 2.14. The van der Waals surface area contributed by atoms with E-state index in [-0.39, 0.29) is 0 Å². The Labute approximate surface area is 77.6 Å². The van der Waals surface area contributed by atoms with Gasteiger partial charge in [0.25, 0.3) is 0 Å². The van der Waals surface area contributed by atoms with Crippen molar-refractivity contribution in [2.45, 2.75) is 0 Å². The van der Waals surface area contributed by atoms with Gasteiger partial charge in [0.1, 0.15) is 5.00 Å². The van der Waals surface area contributed by atoms with Crippen LogP contribution in [0.25, 0.3) is 0 Å². The molecule has 0 aliphatic rings. The SMILES string of the molecule is Nc1cnc(/N=N/c2ncc[nH]2)s1. The fourth-order valence-electron chi connectivity index (χ4n) is 0.725. The second-order valence-corrected chi connectivity index (χ2v) is 3.20. The molecule has 0 fully saturated rings. The van der Waals surface area contributed by atoms with Crippen LogP contribution in [0.2, 0.25) is 0 Å². The van der Waals surface area contributed by atoms with Crippen molar-refractivity contribution < 1.29 is 0 Å². The zero-order chi connectivity index (χ0) is 9.10. The minimum Gasteiger partial charge on any atom is -0.389 e. The highest BCUT2D eigenvalue weighted by molar-refractivity contribution is 7.18. The Morgan fingerprint density at radius 3 is 2.92 bits per heavy atom. The van der Waals surface area contributed by atoms with Crippen molar-refractivity contribution in [2.24, 2.45) is 10.2 Å². The zero-order valence-corrected chi connectivity index (χ0v) is 7.32. The highest BCUT2D eigenvalue weighted by Gasteiger charge is 1.96. The van der Waals surface area contributed by atoms with E-state index >= 15 is 0 Å². The van der Waals surface area contributed by atoms with Crippen LogP contribution in [0.1, 0.15) is 0 Å². The van der Waals surface area contributed by atoms with Crippen LogP contribution in [0.3, 0.4) is 0 Å². The van der Waals surface area contributed by atoms with Gasteiger partial charge in [-0.1, -0.05) is 11.3 Å². The molecule has 0 radical (unpaired) electrons. The maximum absolute atomic E-state index is 5.46. The summed E-state index contributed by atoms with van der Waals surface area (Å²) in [4.78, 5) is 10.6. The number of aromatic nitrogens is 3. The van der Waals surface area contributed by atoms with Gasteiger partial charge in [0, 0.05) is 12.4 Å². The molecule has 3 N–H and O–H groups in total. The van der Waals surface area contributed by atoms with Crippen LogP contribution < -0.4 is 5.73 Å². The molecular weight excluding hydrogens is 188 g/mol. The Bertz CT molecular complexity index is 402. The van der Waals surface area contributed by atoms with E-state index in [2.05, 4.69) is 25.2 Å². The van der Waals surface area contributed by atoms with Crippen molar-refractivity contribution in [3.8, 4) is 0 Å². The molecule has 0 aromatic carbocycles. The molecule has 0 saturated carbocycles. The molecule has 0 spiro atoms. The number of nitrogens with zero attached hydrogens (tertiary/aromatic N) is 4. The number of azo groups is 1. The summed E-state index contributed by atoms with van der Waals surface area (Å²) in [6.45, 7) is 0. The van der Waals surface area contributed by atoms with Crippen molar-refractivity contribution in [1.29, 1.82) is 0 Å². The average Bonchev–Trinajstić information content (AvgIpc) is 2.71. The number of rotatable bonds is 2. The molecule has 0 aliphatic carbocycles. The fraction of sp³-hybridized carbons (Fsp3) is 0. The first-order chi connectivity index (χ1) is 6.34. The van der Waals surface area contributed by atoms with E-state index in [1.54, 1.807) is 18.6 Å². The van der Waals surface area contributed by atoms with E-state index in [9.17, 15) is 0 Å². The van der Waals surface area contributed by atoms with E-state index in [1.165, 1.54) is 11.3 Å². The maximum Gasteiger partial charge on any atom is 0.246 e. The highest BCUT2D eigenvalue weighted by atomic mass is 32.1. The number of H-pyrrole nitrogens is 1. The number of hydrogen-bond donors (Lipinski definition) is 2.